The number of ether oxygens (including phenoxy) is 1. The number of benzene rings is 1. The predicted octanol–water partition coefficient (Wildman–Crippen LogP) is 3.73. The summed E-state index contributed by atoms with van der Waals surface area (Å²) in [4.78, 5) is 11.3. The van der Waals surface area contributed by atoms with Gasteiger partial charge in [-0.2, -0.15) is 0 Å². The molecule has 2 aromatic rings. The lowest BCUT2D eigenvalue weighted by molar-refractivity contribution is -0.105. The van der Waals surface area contributed by atoms with Crippen LogP contribution in [0.15, 0.2) is 62.8 Å². The molecule has 6 nitrogen and oxygen atoms in total. The summed E-state index contributed by atoms with van der Waals surface area (Å²) in [7, 11) is 0. The van der Waals surface area contributed by atoms with Crippen molar-refractivity contribution in [1.29, 1.82) is 0 Å². The largest absolute Gasteiger partial charge is 0.489 e. The summed E-state index contributed by atoms with van der Waals surface area (Å²) >= 11 is 0. The first kappa shape index (κ1) is 23.9. The molecule has 2 atom stereocenters. The van der Waals surface area contributed by atoms with Crippen LogP contribution >= 0.6 is 0 Å². The van der Waals surface area contributed by atoms with Crippen LogP contribution in [0, 0.1) is 0 Å². The van der Waals surface area contributed by atoms with Gasteiger partial charge >= 0.3 is 5.63 Å². The number of hydrogen-bond donors (Lipinski definition) is 3. The van der Waals surface area contributed by atoms with Crippen LogP contribution < -0.4 is 10.4 Å². The molecule has 0 saturated carbocycles. The number of fused-ring (bicyclic) bond motifs is 1. The van der Waals surface area contributed by atoms with Gasteiger partial charge < -0.3 is 24.5 Å². The number of aliphatic hydroxyl groups is 3. The number of allylic oxidation sites excluding steroid dienone is 2. The fraction of sp³-hybridized carbons (Fsp3) is 0.458. The van der Waals surface area contributed by atoms with Crippen molar-refractivity contribution in [1.82, 2.24) is 0 Å². The lowest BCUT2D eigenvalue weighted by Crippen LogP contribution is -2.44. The fourth-order valence-electron chi connectivity index (χ4n) is 3.05. The summed E-state index contributed by atoms with van der Waals surface area (Å²) in [5.74, 6) is 0.635. The maximum atomic E-state index is 11.3. The second-order valence-electron chi connectivity index (χ2n) is 8.27. The molecule has 0 radical (unpaired) electrons. The third-order valence-corrected chi connectivity index (χ3v) is 4.93. The summed E-state index contributed by atoms with van der Waals surface area (Å²) in [5.41, 5.74) is 0.908. The number of rotatable bonds is 10. The summed E-state index contributed by atoms with van der Waals surface area (Å²) < 4.78 is 10.9. The summed E-state index contributed by atoms with van der Waals surface area (Å²) in [6.07, 6.45) is 3.80. The lowest BCUT2D eigenvalue weighted by atomic mass is 9.93. The normalized spacial score (nSPS) is 15.3. The quantitative estimate of drug-likeness (QED) is 0.403. The van der Waals surface area contributed by atoms with Crippen LogP contribution in [0.3, 0.4) is 0 Å². The number of hydrogen-bond acceptors (Lipinski definition) is 6. The molecule has 0 aliphatic heterocycles. The van der Waals surface area contributed by atoms with E-state index in [-0.39, 0.29) is 5.63 Å². The Bertz CT molecular complexity index is 948. The van der Waals surface area contributed by atoms with Gasteiger partial charge in [-0.25, -0.2) is 4.79 Å². The smallest absolute Gasteiger partial charge is 0.336 e. The van der Waals surface area contributed by atoms with Crippen LogP contribution in [0.1, 0.15) is 47.0 Å². The average Bonchev–Trinajstić information content (AvgIpc) is 2.66. The third-order valence-electron chi connectivity index (χ3n) is 4.93. The van der Waals surface area contributed by atoms with Gasteiger partial charge in [-0.05, 0) is 71.2 Å². The van der Waals surface area contributed by atoms with Gasteiger partial charge in [0.1, 0.15) is 24.0 Å². The highest BCUT2D eigenvalue weighted by Gasteiger charge is 2.30. The minimum Gasteiger partial charge on any atom is -0.489 e. The van der Waals surface area contributed by atoms with E-state index in [0.29, 0.717) is 24.4 Å². The summed E-state index contributed by atoms with van der Waals surface area (Å²) in [6.45, 7) is 7.29. The lowest BCUT2D eigenvalue weighted by Gasteiger charge is -2.28. The van der Waals surface area contributed by atoms with Gasteiger partial charge in [0, 0.05) is 17.5 Å². The molecule has 3 N–H and O–H groups in total. The topological polar surface area (TPSA) is 100 Å². The number of aliphatic hydroxyl groups excluding tert-OH is 2. The molecule has 0 bridgehead atoms. The molecule has 0 amide bonds. The highest BCUT2D eigenvalue weighted by Crippen LogP contribution is 2.20. The van der Waals surface area contributed by atoms with E-state index in [1.165, 1.54) is 25.5 Å². The van der Waals surface area contributed by atoms with E-state index in [0.717, 1.165) is 23.8 Å². The average molecular weight is 417 g/mol. The molecular formula is C24H32O6. The van der Waals surface area contributed by atoms with Gasteiger partial charge in [-0.1, -0.05) is 17.2 Å². The van der Waals surface area contributed by atoms with Crippen LogP contribution in [-0.4, -0.2) is 39.7 Å². The van der Waals surface area contributed by atoms with Gasteiger partial charge in [0.2, 0.25) is 0 Å². The molecule has 2 unspecified atom stereocenters. The Kier molecular flexibility index (Phi) is 8.41. The standard InChI is InChI=1S/C24H32O6/c1-16(6-5-7-17(2)14-20(25)23(27)24(3,4)28)12-13-29-19-10-8-18-9-11-22(26)30-21(18)15-19/h7-12,15,20,23,25,27-28H,5-6,13-14H2,1-4H3/b16-12+,17-7-. The van der Waals surface area contributed by atoms with Crippen molar-refractivity contribution in [3.8, 4) is 5.75 Å². The molecule has 0 spiro atoms. The Morgan fingerprint density at radius 3 is 2.53 bits per heavy atom. The third kappa shape index (κ3) is 7.44. The van der Waals surface area contributed by atoms with E-state index in [2.05, 4.69) is 0 Å². The molecule has 0 saturated heterocycles. The van der Waals surface area contributed by atoms with E-state index in [4.69, 9.17) is 9.15 Å². The molecule has 0 aliphatic rings. The SMILES string of the molecule is C/C(=C/CC/C(C)=C/COc1ccc2ccc(=O)oc2c1)CC(O)C(O)C(C)(C)O. The van der Waals surface area contributed by atoms with Crippen molar-refractivity contribution >= 4 is 11.0 Å². The molecule has 30 heavy (non-hydrogen) atoms. The van der Waals surface area contributed by atoms with Crippen LogP contribution in [0.4, 0.5) is 0 Å². The monoisotopic (exact) mass is 416 g/mol. The molecule has 164 valence electrons. The molecular weight excluding hydrogens is 384 g/mol. The Hall–Kier alpha value is -2.41. The first-order chi connectivity index (χ1) is 14.1. The van der Waals surface area contributed by atoms with E-state index in [1.807, 2.05) is 38.1 Å². The van der Waals surface area contributed by atoms with Gasteiger partial charge in [-0.15, -0.1) is 0 Å². The molecule has 2 rings (SSSR count). The van der Waals surface area contributed by atoms with E-state index < -0.39 is 17.8 Å². The van der Waals surface area contributed by atoms with Crippen molar-refractivity contribution in [3.63, 3.8) is 0 Å². The minimum atomic E-state index is -1.34. The van der Waals surface area contributed by atoms with Gasteiger partial charge in [0.05, 0.1) is 11.7 Å². The second kappa shape index (κ2) is 10.6. The molecule has 0 fully saturated rings. The van der Waals surface area contributed by atoms with Crippen LogP contribution in [0.5, 0.6) is 5.75 Å². The van der Waals surface area contributed by atoms with Gasteiger partial charge in [0.15, 0.2) is 0 Å². The first-order valence-corrected chi connectivity index (χ1v) is 10.1. The second-order valence-corrected chi connectivity index (χ2v) is 8.27. The van der Waals surface area contributed by atoms with E-state index in [9.17, 15) is 20.1 Å². The molecule has 1 heterocycles. The highest BCUT2D eigenvalue weighted by atomic mass is 16.5. The Labute approximate surface area is 177 Å². The summed E-state index contributed by atoms with van der Waals surface area (Å²) in [5, 5.41) is 30.6. The zero-order chi connectivity index (χ0) is 22.3. The maximum absolute atomic E-state index is 11.3. The maximum Gasteiger partial charge on any atom is 0.336 e. The molecule has 1 aromatic heterocycles. The van der Waals surface area contributed by atoms with E-state index >= 15 is 0 Å². The molecule has 0 aliphatic carbocycles. The first-order valence-electron chi connectivity index (χ1n) is 10.1. The van der Waals surface area contributed by atoms with Gasteiger partial charge in [-0.3, -0.25) is 0 Å². The predicted molar refractivity (Wildman–Crippen MR) is 118 cm³/mol. The van der Waals surface area contributed by atoms with Crippen molar-refractivity contribution in [2.24, 2.45) is 0 Å². The molecule has 1 aromatic carbocycles. The van der Waals surface area contributed by atoms with Crippen LogP contribution in [0.2, 0.25) is 0 Å². The summed E-state index contributed by atoms with van der Waals surface area (Å²) in [6, 6.07) is 8.50. The van der Waals surface area contributed by atoms with E-state index in [1.54, 1.807) is 12.1 Å². The fourth-order valence-corrected chi connectivity index (χ4v) is 3.05. The Morgan fingerprint density at radius 2 is 1.83 bits per heavy atom. The Balaban J connectivity index is 1.80. The van der Waals surface area contributed by atoms with Crippen molar-refractivity contribution < 1.29 is 24.5 Å². The molecule has 6 heteroatoms. The van der Waals surface area contributed by atoms with Crippen molar-refractivity contribution in [3.05, 3.63) is 64.1 Å². The van der Waals surface area contributed by atoms with Crippen LogP contribution in [-0.2, 0) is 0 Å². The van der Waals surface area contributed by atoms with Crippen molar-refractivity contribution in [2.45, 2.75) is 64.8 Å². The minimum absolute atomic E-state index is 0.315. The zero-order valence-electron chi connectivity index (χ0n) is 18.1. The highest BCUT2D eigenvalue weighted by molar-refractivity contribution is 5.77. The van der Waals surface area contributed by atoms with Gasteiger partial charge in [0.25, 0.3) is 0 Å². The van der Waals surface area contributed by atoms with Crippen molar-refractivity contribution in [2.75, 3.05) is 6.61 Å². The Morgan fingerprint density at radius 1 is 1.13 bits per heavy atom. The van der Waals surface area contributed by atoms with Crippen LogP contribution in [0.25, 0.3) is 11.0 Å². The zero-order valence-corrected chi connectivity index (χ0v) is 18.1.